The number of nitrogens with zero attached hydrogens (tertiary/aromatic N) is 2. The first-order chi connectivity index (χ1) is 10.7. The van der Waals surface area contributed by atoms with Gasteiger partial charge in [-0.2, -0.15) is 0 Å². The molecule has 0 unspecified atom stereocenters. The Kier molecular flexibility index (Phi) is 6.47. The largest absolute Gasteiger partial charge is 0.371 e. The second-order valence-electron chi connectivity index (χ2n) is 5.97. The molecule has 0 aliphatic carbocycles. The highest BCUT2D eigenvalue weighted by molar-refractivity contribution is 5.45. The number of hydrogen-bond acceptors (Lipinski definition) is 2. The van der Waals surface area contributed by atoms with Crippen LogP contribution in [-0.2, 0) is 6.54 Å². The zero-order valence-electron chi connectivity index (χ0n) is 14.1. The molecular weight excluding hydrogens is 268 g/mol. The predicted octanol–water partition coefficient (Wildman–Crippen LogP) is 4.42. The first-order valence-corrected chi connectivity index (χ1v) is 8.28. The Bertz CT molecular complexity index is 522. The van der Waals surface area contributed by atoms with Crippen molar-refractivity contribution in [1.29, 1.82) is 0 Å². The van der Waals surface area contributed by atoms with E-state index in [2.05, 4.69) is 91.2 Å². The summed E-state index contributed by atoms with van der Waals surface area (Å²) in [5, 5.41) is 0. The maximum atomic E-state index is 2.54. The molecule has 0 saturated heterocycles. The van der Waals surface area contributed by atoms with Gasteiger partial charge in [0.1, 0.15) is 0 Å². The lowest BCUT2D eigenvalue weighted by atomic mass is 10.2. The molecule has 0 saturated carbocycles. The summed E-state index contributed by atoms with van der Waals surface area (Å²) in [5.74, 6) is 0. The topological polar surface area (TPSA) is 6.48 Å². The standard InChI is InChI=1S/C20H28N2/c1-4-21(20-13-9-6-10-14-20)15-16-22(18(2)3)17-19-11-7-5-8-12-19/h5-14,18H,4,15-17H2,1-3H3. The summed E-state index contributed by atoms with van der Waals surface area (Å²) in [6.45, 7) is 11.0. The number of likely N-dealkylation sites (N-methyl/N-ethyl adjacent to an activating group) is 1. The van der Waals surface area contributed by atoms with Crippen LogP contribution in [0.15, 0.2) is 60.7 Å². The van der Waals surface area contributed by atoms with Crippen molar-refractivity contribution in [3.8, 4) is 0 Å². The molecule has 0 aromatic heterocycles. The summed E-state index contributed by atoms with van der Waals surface area (Å²) < 4.78 is 0. The summed E-state index contributed by atoms with van der Waals surface area (Å²) in [5.41, 5.74) is 2.70. The van der Waals surface area contributed by atoms with E-state index in [1.165, 1.54) is 11.3 Å². The summed E-state index contributed by atoms with van der Waals surface area (Å²) >= 11 is 0. The SMILES string of the molecule is CCN(CCN(Cc1ccccc1)C(C)C)c1ccccc1. The normalized spacial score (nSPS) is 11.1. The summed E-state index contributed by atoms with van der Waals surface area (Å²) in [6, 6.07) is 22.0. The molecule has 2 nitrogen and oxygen atoms in total. The third-order valence-electron chi connectivity index (χ3n) is 4.12. The minimum absolute atomic E-state index is 0.551. The van der Waals surface area contributed by atoms with Crippen LogP contribution in [0.5, 0.6) is 0 Å². The fourth-order valence-corrected chi connectivity index (χ4v) is 2.70. The Morgan fingerprint density at radius 1 is 0.818 bits per heavy atom. The van der Waals surface area contributed by atoms with Crippen LogP contribution in [0.4, 0.5) is 5.69 Å². The van der Waals surface area contributed by atoms with Gasteiger partial charge in [0, 0.05) is 37.9 Å². The van der Waals surface area contributed by atoms with Gasteiger partial charge < -0.3 is 4.90 Å². The smallest absolute Gasteiger partial charge is 0.0366 e. The van der Waals surface area contributed by atoms with Gasteiger partial charge in [0.05, 0.1) is 0 Å². The number of para-hydroxylation sites is 1. The number of hydrogen-bond donors (Lipinski definition) is 0. The number of benzene rings is 2. The van der Waals surface area contributed by atoms with Crippen molar-refractivity contribution in [3.63, 3.8) is 0 Å². The maximum Gasteiger partial charge on any atom is 0.0366 e. The monoisotopic (exact) mass is 296 g/mol. The van der Waals surface area contributed by atoms with E-state index in [0.29, 0.717) is 6.04 Å². The van der Waals surface area contributed by atoms with Gasteiger partial charge in [-0.1, -0.05) is 48.5 Å². The van der Waals surface area contributed by atoms with Crippen LogP contribution < -0.4 is 4.90 Å². The molecule has 0 amide bonds. The lowest BCUT2D eigenvalue weighted by Crippen LogP contribution is -2.38. The quantitative estimate of drug-likeness (QED) is 0.711. The van der Waals surface area contributed by atoms with E-state index in [1.807, 2.05) is 0 Å². The van der Waals surface area contributed by atoms with E-state index in [1.54, 1.807) is 0 Å². The second kappa shape index (κ2) is 8.60. The van der Waals surface area contributed by atoms with Crippen LogP contribution in [0, 0.1) is 0 Å². The highest BCUT2D eigenvalue weighted by Crippen LogP contribution is 2.14. The zero-order valence-corrected chi connectivity index (χ0v) is 14.1. The third kappa shape index (κ3) is 4.88. The van der Waals surface area contributed by atoms with Crippen molar-refractivity contribution in [3.05, 3.63) is 66.2 Å². The van der Waals surface area contributed by atoms with Gasteiger partial charge in [-0.3, -0.25) is 4.90 Å². The van der Waals surface area contributed by atoms with Crippen LogP contribution in [0.2, 0.25) is 0 Å². The summed E-state index contributed by atoms with van der Waals surface area (Å²) in [7, 11) is 0. The van der Waals surface area contributed by atoms with Gasteiger partial charge in [0.2, 0.25) is 0 Å². The molecule has 0 radical (unpaired) electrons. The Labute approximate surface area is 135 Å². The Morgan fingerprint density at radius 3 is 1.95 bits per heavy atom. The molecule has 0 N–H and O–H groups in total. The van der Waals surface area contributed by atoms with Gasteiger partial charge in [0.15, 0.2) is 0 Å². The minimum atomic E-state index is 0.551. The van der Waals surface area contributed by atoms with Gasteiger partial charge in [-0.25, -0.2) is 0 Å². The molecule has 2 aromatic carbocycles. The lowest BCUT2D eigenvalue weighted by molar-refractivity contribution is 0.217. The van der Waals surface area contributed by atoms with E-state index in [-0.39, 0.29) is 0 Å². The average Bonchev–Trinajstić information content (AvgIpc) is 2.56. The van der Waals surface area contributed by atoms with Crippen LogP contribution >= 0.6 is 0 Å². The van der Waals surface area contributed by atoms with Gasteiger partial charge in [-0.15, -0.1) is 0 Å². The molecule has 0 atom stereocenters. The molecule has 2 aromatic rings. The fraction of sp³-hybridized carbons (Fsp3) is 0.400. The van der Waals surface area contributed by atoms with Crippen molar-refractivity contribution in [1.82, 2.24) is 4.90 Å². The zero-order chi connectivity index (χ0) is 15.8. The Balaban J connectivity index is 1.96. The first kappa shape index (κ1) is 16.6. The number of rotatable bonds is 8. The molecule has 0 fully saturated rings. The van der Waals surface area contributed by atoms with Gasteiger partial charge >= 0.3 is 0 Å². The van der Waals surface area contributed by atoms with Crippen molar-refractivity contribution in [2.75, 3.05) is 24.5 Å². The van der Waals surface area contributed by atoms with Crippen LogP contribution in [0.25, 0.3) is 0 Å². The lowest BCUT2D eigenvalue weighted by Gasteiger charge is -2.31. The van der Waals surface area contributed by atoms with E-state index >= 15 is 0 Å². The van der Waals surface area contributed by atoms with Crippen molar-refractivity contribution in [2.45, 2.75) is 33.4 Å². The highest BCUT2D eigenvalue weighted by Gasteiger charge is 2.12. The molecule has 2 rings (SSSR count). The first-order valence-electron chi connectivity index (χ1n) is 8.28. The second-order valence-corrected chi connectivity index (χ2v) is 5.97. The molecular formula is C20H28N2. The summed E-state index contributed by atoms with van der Waals surface area (Å²) in [4.78, 5) is 4.99. The van der Waals surface area contributed by atoms with Crippen molar-refractivity contribution >= 4 is 5.69 Å². The van der Waals surface area contributed by atoms with Crippen molar-refractivity contribution < 1.29 is 0 Å². The molecule has 22 heavy (non-hydrogen) atoms. The molecule has 2 heteroatoms. The van der Waals surface area contributed by atoms with Gasteiger partial charge in [-0.05, 0) is 38.5 Å². The highest BCUT2D eigenvalue weighted by atomic mass is 15.2. The third-order valence-corrected chi connectivity index (χ3v) is 4.12. The Morgan fingerprint density at radius 2 is 1.41 bits per heavy atom. The molecule has 0 heterocycles. The van der Waals surface area contributed by atoms with Gasteiger partial charge in [0.25, 0.3) is 0 Å². The number of anilines is 1. The molecule has 0 spiro atoms. The fourth-order valence-electron chi connectivity index (χ4n) is 2.70. The summed E-state index contributed by atoms with van der Waals surface area (Å²) in [6.07, 6.45) is 0. The predicted molar refractivity (Wildman–Crippen MR) is 96.3 cm³/mol. The van der Waals surface area contributed by atoms with Crippen LogP contribution in [-0.4, -0.2) is 30.6 Å². The minimum Gasteiger partial charge on any atom is -0.371 e. The van der Waals surface area contributed by atoms with Crippen LogP contribution in [0.1, 0.15) is 26.3 Å². The molecule has 0 bridgehead atoms. The van der Waals surface area contributed by atoms with Crippen LogP contribution in [0.3, 0.4) is 0 Å². The molecule has 0 aliphatic rings. The Hall–Kier alpha value is -1.80. The average molecular weight is 296 g/mol. The van der Waals surface area contributed by atoms with E-state index in [4.69, 9.17) is 0 Å². The van der Waals surface area contributed by atoms with E-state index in [9.17, 15) is 0 Å². The maximum absolute atomic E-state index is 2.54. The molecule has 118 valence electrons. The van der Waals surface area contributed by atoms with Crippen molar-refractivity contribution in [2.24, 2.45) is 0 Å². The molecule has 0 aliphatic heterocycles. The van der Waals surface area contributed by atoms with E-state index < -0.39 is 0 Å². The van der Waals surface area contributed by atoms with E-state index in [0.717, 1.165) is 26.2 Å².